The minimum Gasteiger partial charge on any atom is -0.382 e. The number of hydrogen-bond donors (Lipinski definition) is 4. The molecule has 0 aromatic rings. The van der Waals surface area contributed by atoms with Gasteiger partial charge in [-0.2, -0.15) is 0 Å². The summed E-state index contributed by atoms with van der Waals surface area (Å²) in [4.78, 5) is 38.5. The van der Waals surface area contributed by atoms with Crippen molar-refractivity contribution in [2.24, 2.45) is 11.3 Å². The molecule has 8 nitrogen and oxygen atoms in total. The zero-order valence-electron chi connectivity index (χ0n) is 16.2. The van der Waals surface area contributed by atoms with Crippen LogP contribution in [0.5, 0.6) is 0 Å². The summed E-state index contributed by atoms with van der Waals surface area (Å²) in [6, 6.07) is -0.585. The van der Waals surface area contributed by atoms with Crippen LogP contribution in [0.3, 0.4) is 0 Å². The average molecular weight is 371 g/mol. The van der Waals surface area contributed by atoms with E-state index in [1.807, 2.05) is 27.7 Å². The highest BCUT2D eigenvalue weighted by atomic mass is 16.5. The molecule has 0 aromatic heterocycles. The Morgan fingerprint density at radius 1 is 1.27 bits per heavy atom. The molecular weight excluding hydrogens is 338 g/mol. The predicted octanol–water partition coefficient (Wildman–Crippen LogP) is 0.812. The molecule has 0 bridgehead atoms. The Bertz CT molecular complexity index is 504. The third kappa shape index (κ3) is 6.25. The van der Waals surface area contributed by atoms with E-state index < -0.39 is 29.9 Å². The van der Waals surface area contributed by atoms with Crippen molar-refractivity contribution in [3.8, 4) is 0 Å². The average Bonchev–Trinajstić information content (AvgIpc) is 3.07. The van der Waals surface area contributed by atoms with Crippen LogP contribution < -0.4 is 10.8 Å². The Labute approximate surface area is 155 Å². The summed E-state index contributed by atoms with van der Waals surface area (Å²) >= 11 is 0. The Kier molecular flexibility index (Phi) is 8.49. The Balaban J connectivity index is 2.87. The van der Waals surface area contributed by atoms with Gasteiger partial charge in [-0.3, -0.25) is 19.6 Å². The first-order valence-electron chi connectivity index (χ1n) is 9.32. The normalized spacial score (nSPS) is 19.8. The number of aliphatic hydroxyl groups is 1. The molecule has 0 radical (unpaired) electrons. The molecule has 1 rings (SSSR count). The van der Waals surface area contributed by atoms with Gasteiger partial charge in [-0.15, -0.1) is 0 Å². The SMILES string of the molecule is CCCC[C@@H](C(=O)N1CCC[C@H]1C(=O)NCC(C)(C)C)[C@H](O)C(=O)NO. The molecule has 0 unspecified atom stereocenters. The van der Waals surface area contributed by atoms with Crippen LogP contribution in [0.1, 0.15) is 59.8 Å². The predicted molar refractivity (Wildman–Crippen MR) is 96.2 cm³/mol. The lowest BCUT2D eigenvalue weighted by atomic mass is 9.93. The number of amides is 3. The van der Waals surface area contributed by atoms with Gasteiger partial charge in [-0.05, 0) is 24.7 Å². The molecular formula is C18H33N3O5. The van der Waals surface area contributed by atoms with E-state index in [9.17, 15) is 19.5 Å². The van der Waals surface area contributed by atoms with Crippen molar-refractivity contribution in [1.29, 1.82) is 0 Å². The molecule has 26 heavy (non-hydrogen) atoms. The van der Waals surface area contributed by atoms with Crippen molar-refractivity contribution >= 4 is 17.7 Å². The van der Waals surface area contributed by atoms with Crippen LogP contribution in [-0.4, -0.2) is 58.2 Å². The maximum absolute atomic E-state index is 13.0. The van der Waals surface area contributed by atoms with Crippen LogP contribution in [0.4, 0.5) is 0 Å². The van der Waals surface area contributed by atoms with E-state index in [2.05, 4.69) is 5.32 Å². The fourth-order valence-corrected chi connectivity index (χ4v) is 3.08. The first-order valence-corrected chi connectivity index (χ1v) is 9.32. The third-order valence-electron chi connectivity index (χ3n) is 4.58. The molecule has 150 valence electrons. The number of likely N-dealkylation sites (tertiary alicyclic amines) is 1. The molecule has 0 aromatic carbocycles. The van der Waals surface area contributed by atoms with E-state index in [1.54, 1.807) is 0 Å². The summed E-state index contributed by atoms with van der Waals surface area (Å²) in [6.07, 6.45) is 1.38. The van der Waals surface area contributed by atoms with Crippen molar-refractivity contribution < 1.29 is 24.7 Å². The molecule has 0 spiro atoms. The molecule has 1 saturated heterocycles. The number of nitrogens with zero attached hydrogens (tertiary/aromatic N) is 1. The van der Waals surface area contributed by atoms with Gasteiger partial charge in [0.2, 0.25) is 11.8 Å². The van der Waals surface area contributed by atoms with E-state index in [4.69, 9.17) is 5.21 Å². The van der Waals surface area contributed by atoms with Gasteiger partial charge in [0.25, 0.3) is 5.91 Å². The van der Waals surface area contributed by atoms with E-state index in [-0.39, 0.29) is 11.3 Å². The minimum atomic E-state index is -1.64. The Hall–Kier alpha value is -1.67. The summed E-state index contributed by atoms with van der Waals surface area (Å²) in [5.41, 5.74) is 1.33. The molecule has 3 atom stereocenters. The van der Waals surface area contributed by atoms with Gasteiger partial charge in [0, 0.05) is 13.1 Å². The summed E-state index contributed by atoms with van der Waals surface area (Å²) in [6.45, 7) is 8.89. The van der Waals surface area contributed by atoms with E-state index in [0.717, 1.165) is 6.42 Å². The number of aliphatic hydroxyl groups excluding tert-OH is 1. The zero-order valence-corrected chi connectivity index (χ0v) is 16.2. The molecule has 0 saturated carbocycles. The number of hydrogen-bond acceptors (Lipinski definition) is 5. The van der Waals surface area contributed by atoms with Gasteiger partial charge in [0.1, 0.15) is 12.1 Å². The maximum Gasteiger partial charge on any atom is 0.272 e. The quantitative estimate of drug-likeness (QED) is 0.372. The third-order valence-corrected chi connectivity index (χ3v) is 4.58. The molecule has 4 N–H and O–H groups in total. The van der Waals surface area contributed by atoms with Gasteiger partial charge in [-0.25, -0.2) is 5.48 Å². The summed E-state index contributed by atoms with van der Waals surface area (Å²) in [7, 11) is 0. The smallest absolute Gasteiger partial charge is 0.272 e. The lowest BCUT2D eigenvalue weighted by Crippen LogP contribution is -2.52. The molecule has 1 heterocycles. The van der Waals surface area contributed by atoms with Crippen molar-refractivity contribution in [2.45, 2.75) is 71.9 Å². The van der Waals surface area contributed by atoms with Gasteiger partial charge in [-0.1, -0.05) is 40.5 Å². The molecule has 8 heteroatoms. The first kappa shape index (κ1) is 22.4. The number of carbonyl (C=O) groups is 3. The van der Waals surface area contributed by atoms with Gasteiger partial charge in [0.15, 0.2) is 0 Å². The lowest BCUT2D eigenvalue weighted by Gasteiger charge is -2.30. The van der Waals surface area contributed by atoms with Crippen molar-refractivity contribution in [3.05, 3.63) is 0 Å². The monoisotopic (exact) mass is 371 g/mol. The largest absolute Gasteiger partial charge is 0.382 e. The minimum absolute atomic E-state index is 0.0673. The van der Waals surface area contributed by atoms with E-state index >= 15 is 0 Å². The standard InChI is InChI=1S/C18H33N3O5/c1-5-6-8-12(14(22)16(24)20-26)17(25)21-10-7-9-13(21)15(23)19-11-18(2,3)4/h12-14,22,26H,5-11H2,1-4H3,(H,19,23)(H,20,24)/t12-,13+,14+/m1/s1. The molecule has 1 aliphatic heterocycles. The van der Waals surface area contributed by atoms with Crippen LogP contribution >= 0.6 is 0 Å². The maximum atomic E-state index is 13.0. The number of unbranched alkanes of at least 4 members (excludes halogenated alkanes) is 1. The Morgan fingerprint density at radius 2 is 1.92 bits per heavy atom. The van der Waals surface area contributed by atoms with Crippen LogP contribution in [0.15, 0.2) is 0 Å². The van der Waals surface area contributed by atoms with E-state index in [0.29, 0.717) is 38.8 Å². The van der Waals surface area contributed by atoms with Crippen molar-refractivity contribution in [1.82, 2.24) is 15.7 Å². The highest BCUT2D eigenvalue weighted by molar-refractivity contribution is 5.92. The Morgan fingerprint density at radius 3 is 2.46 bits per heavy atom. The number of hydroxylamine groups is 1. The molecule has 1 aliphatic rings. The summed E-state index contributed by atoms with van der Waals surface area (Å²) in [5.74, 6) is -2.60. The van der Waals surface area contributed by atoms with Gasteiger partial charge >= 0.3 is 0 Å². The summed E-state index contributed by atoms with van der Waals surface area (Å²) < 4.78 is 0. The van der Waals surface area contributed by atoms with Crippen LogP contribution in [0.25, 0.3) is 0 Å². The van der Waals surface area contributed by atoms with Crippen LogP contribution in [0, 0.1) is 11.3 Å². The van der Waals surface area contributed by atoms with Crippen molar-refractivity contribution in [3.63, 3.8) is 0 Å². The fraction of sp³-hybridized carbons (Fsp3) is 0.833. The number of nitrogens with one attached hydrogen (secondary N) is 2. The number of carbonyl (C=O) groups excluding carboxylic acids is 3. The molecule has 1 fully saturated rings. The van der Waals surface area contributed by atoms with Gasteiger partial charge < -0.3 is 15.3 Å². The first-order chi connectivity index (χ1) is 12.1. The zero-order chi connectivity index (χ0) is 19.9. The van der Waals surface area contributed by atoms with Crippen LogP contribution in [0.2, 0.25) is 0 Å². The van der Waals surface area contributed by atoms with Crippen molar-refractivity contribution in [2.75, 3.05) is 13.1 Å². The lowest BCUT2D eigenvalue weighted by molar-refractivity contribution is -0.152. The van der Waals surface area contributed by atoms with Crippen LogP contribution in [-0.2, 0) is 14.4 Å². The summed E-state index contributed by atoms with van der Waals surface area (Å²) in [5, 5.41) is 21.8. The molecule has 0 aliphatic carbocycles. The second kappa shape index (κ2) is 9.87. The number of rotatable bonds is 8. The molecule has 3 amide bonds. The fourth-order valence-electron chi connectivity index (χ4n) is 3.08. The topological polar surface area (TPSA) is 119 Å². The second-order valence-corrected chi connectivity index (χ2v) is 8.14. The van der Waals surface area contributed by atoms with E-state index in [1.165, 1.54) is 10.4 Å². The highest BCUT2D eigenvalue weighted by Gasteiger charge is 2.41. The second-order valence-electron chi connectivity index (χ2n) is 8.14. The van der Waals surface area contributed by atoms with Gasteiger partial charge in [0.05, 0.1) is 5.92 Å². The highest BCUT2D eigenvalue weighted by Crippen LogP contribution is 2.25.